The van der Waals surface area contributed by atoms with Gasteiger partial charge in [0, 0.05) is 22.6 Å². The minimum atomic E-state index is 0.628. The molecule has 0 aliphatic rings. The molecule has 0 spiro atoms. The molecule has 2 heterocycles. The van der Waals surface area contributed by atoms with Crippen LogP contribution in [0.15, 0.2) is 54.6 Å². The molecular formula is C18H14ClN5O. The number of tetrazole rings is 1. The average Bonchev–Trinajstić information content (AvgIpc) is 3.12. The Kier molecular flexibility index (Phi) is 4.03. The van der Waals surface area contributed by atoms with E-state index in [9.17, 15) is 0 Å². The molecule has 0 saturated carbocycles. The molecule has 2 aromatic carbocycles. The fourth-order valence-corrected chi connectivity index (χ4v) is 2.88. The lowest BCUT2D eigenvalue weighted by atomic mass is 10.0. The van der Waals surface area contributed by atoms with Gasteiger partial charge in [0.15, 0.2) is 0 Å². The van der Waals surface area contributed by atoms with Gasteiger partial charge in [-0.1, -0.05) is 41.9 Å². The number of fused-ring (bicyclic) bond motifs is 1. The molecule has 124 valence electrons. The van der Waals surface area contributed by atoms with E-state index in [0.29, 0.717) is 17.1 Å². The summed E-state index contributed by atoms with van der Waals surface area (Å²) >= 11 is 5.98. The van der Waals surface area contributed by atoms with Crippen LogP contribution in [0, 0.1) is 0 Å². The SMILES string of the molecule is COc1ccccc1Cc1cc(-c2ccc(Cl)cc2)nn2nnnc12. The second-order valence-electron chi connectivity index (χ2n) is 5.54. The zero-order valence-electron chi connectivity index (χ0n) is 13.4. The minimum Gasteiger partial charge on any atom is -0.496 e. The first-order chi connectivity index (χ1) is 12.2. The van der Waals surface area contributed by atoms with Gasteiger partial charge < -0.3 is 4.74 Å². The summed E-state index contributed by atoms with van der Waals surface area (Å²) in [5.41, 5.74) is 4.38. The Morgan fingerprint density at radius 1 is 1.04 bits per heavy atom. The van der Waals surface area contributed by atoms with E-state index in [-0.39, 0.29) is 0 Å². The molecule has 0 atom stereocenters. The van der Waals surface area contributed by atoms with Crippen molar-refractivity contribution in [1.82, 2.24) is 25.3 Å². The summed E-state index contributed by atoms with van der Waals surface area (Å²) in [4.78, 5) is 0. The van der Waals surface area contributed by atoms with E-state index in [0.717, 1.165) is 28.1 Å². The number of ether oxygens (including phenoxy) is 1. The van der Waals surface area contributed by atoms with Crippen molar-refractivity contribution in [2.75, 3.05) is 7.11 Å². The third kappa shape index (κ3) is 3.04. The predicted octanol–water partition coefficient (Wildman–Crippen LogP) is 3.44. The molecule has 6 nitrogen and oxygen atoms in total. The van der Waals surface area contributed by atoms with Gasteiger partial charge in [-0.25, -0.2) is 0 Å². The predicted molar refractivity (Wildman–Crippen MR) is 94.8 cm³/mol. The molecule has 0 aliphatic carbocycles. The topological polar surface area (TPSA) is 65.2 Å². The van der Waals surface area contributed by atoms with Crippen LogP contribution in [0.1, 0.15) is 11.1 Å². The van der Waals surface area contributed by atoms with Crippen molar-refractivity contribution in [3.8, 4) is 17.0 Å². The summed E-state index contributed by atoms with van der Waals surface area (Å²) in [6.45, 7) is 0. The molecule has 0 radical (unpaired) electrons. The van der Waals surface area contributed by atoms with Crippen LogP contribution in [0.25, 0.3) is 16.9 Å². The lowest BCUT2D eigenvalue weighted by molar-refractivity contribution is 0.410. The summed E-state index contributed by atoms with van der Waals surface area (Å²) < 4.78 is 6.90. The van der Waals surface area contributed by atoms with Crippen molar-refractivity contribution >= 4 is 17.2 Å². The number of aromatic nitrogens is 5. The van der Waals surface area contributed by atoms with Gasteiger partial charge in [0.1, 0.15) is 5.75 Å². The maximum Gasteiger partial charge on any atom is 0.203 e. The van der Waals surface area contributed by atoms with Crippen molar-refractivity contribution in [3.63, 3.8) is 0 Å². The molecule has 2 aromatic heterocycles. The molecule has 0 bridgehead atoms. The first kappa shape index (κ1) is 15.5. The van der Waals surface area contributed by atoms with Gasteiger partial charge in [-0.2, -0.15) is 0 Å². The Hall–Kier alpha value is -2.99. The largest absolute Gasteiger partial charge is 0.496 e. The van der Waals surface area contributed by atoms with Crippen molar-refractivity contribution in [2.45, 2.75) is 6.42 Å². The lowest BCUT2D eigenvalue weighted by Gasteiger charge is -2.10. The monoisotopic (exact) mass is 351 g/mol. The van der Waals surface area contributed by atoms with Crippen LogP contribution in [-0.2, 0) is 6.42 Å². The Morgan fingerprint density at radius 2 is 1.84 bits per heavy atom. The van der Waals surface area contributed by atoms with Gasteiger partial charge in [-0.05, 0) is 40.3 Å². The summed E-state index contributed by atoms with van der Waals surface area (Å²) in [5, 5.41) is 17.0. The number of halogens is 1. The van der Waals surface area contributed by atoms with Crippen LogP contribution < -0.4 is 4.74 Å². The number of hydrogen-bond donors (Lipinski definition) is 0. The molecule has 7 heteroatoms. The van der Waals surface area contributed by atoms with Crippen LogP contribution in [0.5, 0.6) is 5.75 Å². The number of hydrogen-bond acceptors (Lipinski definition) is 5. The summed E-state index contributed by atoms with van der Waals surface area (Å²) in [6, 6.07) is 17.4. The standard InChI is InChI=1S/C18H14ClN5O/c1-25-17-5-3-2-4-13(17)10-14-11-16(12-6-8-15(19)9-7-12)21-24-18(14)20-22-23-24/h2-9,11H,10H2,1H3. The van der Waals surface area contributed by atoms with E-state index in [1.807, 2.05) is 54.6 Å². The van der Waals surface area contributed by atoms with Crippen molar-refractivity contribution in [3.05, 3.63) is 70.7 Å². The van der Waals surface area contributed by atoms with Crippen LogP contribution >= 0.6 is 11.6 Å². The maximum atomic E-state index is 5.98. The van der Waals surface area contributed by atoms with E-state index in [4.69, 9.17) is 16.3 Å². The smallest absolute Gasteiger partial charge is 0.203 e. The highest BCUT2D eigenvalue weighted by molar-refractivity contribution is 6.30. The van der Waals surface area contributed by atoms with Gasteiger partial charge in [0.2, 0.25) is 5.65 Å². The summed E-state index contributed by atoms with van der Waals surface area (Å²) in [6.07, 6.45) is 0.636. The number of para-hydroxylation sites is 1. The fraction of sp³-hybridized carbons (Fsp3) is 0.111. The highest BCUT2D eigenvalue weighted by Gasteiger charge is 2.13. The molecule has 4 aromatic rings. The van der Waals surface area contributed by atoms with Crippen LogP contribution in [0.4, 0.5) is 0 Å². The first-order valence-corrected chi connectivity index (χ1v) is 8.08. The molecule has 0 amide bonds. The molecule has 0 unspecified atom stereocenters. The zero-order chi connectivity index (χ0) is 17.2. The quantitative estimate of drug-likeness (QED) is 0.563. The molecule has 4 rings (SSSR count). The van der Waals surface area contributed by atoms with Gasteiger partial charge in [0.05, 0.1) is 12.8 Å². The Balaban J connectivity index is 1.82. The van der Waals surface area contributed by atoms with Gasteiger partial charge >= 0.3 is 0 Å². The van der Waals surface area contributed by atoms with Crippen molar-refractivity contribution in [2.24, 2.45) is 0 Å². The van der Waals surface area contributed by atoms with E-state index < -0.39 is 0 Å². The Labute approximate surface area is 149 Å². The van der Waals surface area contributed by atoms with E-state index >= 15 is 0 Å². The molecule has 0 N–H and O–H groups in total. The first-order valence-electron chi connectivity index (χ1n) is 7.71. The minimum absolute atomic E-state index is 0.628. The number of rotatable bonds is 4. The third-order valence-electron chi connectivity index (χ3n) is 3.97. The highest BCUT2D eigenvalue weighted by Crippen LogP contribution is 2.26. The second kappa shape index (κ2) is 6.49. The van der Waals surface area contributed by atoms with Gasteiger partial charge in [-0.3, -0.25) is 0 Å². The van der Waals surface area contributed by atoms with Gasteiger partial charge in [-0.15, -0.1) is 14.8 Å². The Morgan fingerprint density at radius 3 is 2.64 bits per heavy atom. The summed E-state index contributed by atoms with van der Waals surface area (Å²) in [7, 11) is 1.67. The average molecular weight is 352 g/mol. The molecule has 0 aliphatic heterocycles. The zero-order valence-corrected chi connectivity index (χ0v) is 14.2. The van der Waals surface area contributed by atoms with E-state index in [1.54, 1.807) is 7.11 Å². The molecule has 25 heavy (non-hydrogen) atoms. The molecular weight excluding hydrogens is 338 g/mol. The lowest BCUT2D eigenvalue weighted by Crippen LogP contribution is -2.02. The number of benzene rings is 2. The fourth-order valence-electron chi connectivity index (χ4n) is 2.75. The van der Waals surface area contributed by atoms with Crippen molar-refractivity contribution < 1.29 is 4.74 Å². The van der Waals surface area contributed by atoms with E-state index in [2.05, 4.69) is 20.6 Å². The maximum absolute atomic E-state index is 5.98. The second-order valence-corrected chi connectivity index (χ2v) is 5.98. The van der Waals surface area contributed by atoms with Crippen molar-refractivity contribution in [1.29, 1.82) is 0 Å². The number of nitrogens with zero attached hydrogens (tertiary/aromatic N) is 5. The third-order valence-corrected chi connectivity index (χ3v) is 4.22. The Bertz CT molecular complexity index is 1030. The van der Waals surface area contributed by atoms with Crippen LogP contribution in [0.2, 0.25) is 5.02 Å². The highest BCUT2D eigenvalue weighted by atomic mass is 35.5. The van der Waals surface area contributed by atoms with E-state index in [1.165, 1.54) is 4.63 Å². The van der Waals surface area contributed by atoms with Crippen LogP contribution in [0.3, 0.4) is 0 Å². The molecule has 0 saturated heterocycles. The van der Waals surface area contributed by atoms with Crippen LogP contribution in [-0.4, -0.2) is 32.4 Å². The van der Waals surface area contributed by atoms with Gasteiger partial charge in [0.25, 0.3) is 0 Å². The summed E-state index contributed by atoms with van der Waals surface area (Å²) in [5.74, 6) is 0.831. The number of methoxy groups -OCH3 is 1. The normalized spacial score (nSPS) is 11.0. The molecule has 0 fully saturated rings.